The topological polar surface area (TPSA) is 55.0 Å². The van der Waals surface area contributed by atoms with Crippen LogP contribution < -0.4 is 10.6 Å². The van der Waals surface area contributed by atoms with Crippen molar-refractivity contribution in [3.8, 4) is 0 Å². The Bertz CT molecular complexity index is 369. The molecule has 88 valence electrons. The van der Waals surface area contributed by atoms with E-state index in [4.69, 9.17) is 17.3 Å². The second-order valence-corrected chi connectivity index (χ2v) is 4.66. The molecule has 5 heteroatoms. The first-order chi connectivity index (χ1) is 7.72. The van der Waals surface area contributed by atoms with Crippen molar-refractivity contribution in [2.45, 2.75) is 26.2 Å². The SMILES string of the molecule is CCCC1CCN(c2ncnc(N)c2Cl)C1. The summed E-state index contributed by atoms with van der Waals surface area (Å²) in [5.41, 5.74) is 5.67. The Morgan fingerprint density at radius 3 is 3.12 bits per heavy atom. The Labute approximate surface area is 101 Å². The van der Waals surface area contributed by atoms with E-state index >= 15 is 0 Å². The minimum atomic E-state index is 0.366. The van der Waals surface area contributed by atoms with Gasteiger partial charge < -0.3 is 10.6 Å². The van der Waals surface area contributed by atoms with E-state index in [9.17, 15) is 0 Å². The highest BCUT2D eigenvalue weighted by Crippen LogP contribution is 2.31. The van der Waals surface area contributed by atoms with Gasteiger partial charge in [-0.3, -0.25) is 0 Å². The molecule has 1 aromatic heterocycles. The van der Waals surface area contributed by atoms with E-state index < -0.39 is 0 Å². The average molecular weight is 241 g/mol. The zero-order valence-electron chi connectivity index (χ0n) is 9.49. The molecule has 1 aliphatic heterocycles. The van der Waals surface area contributed by atoms with Crippen LogP contribution in [0.2, 0.25) is 5.02 Å². The van der Waals surface area contributed by atoms with E-state index in [1.807, 2.05) is 0 Å². The van der Waals surface area contributed by atoms with E-state index in [0.717, 1.165) is 24.8 Å². The third-order valence-corrected chi connectivity index (χ3v) is 3.44. The molecule has 1 fully saturated rings. The van der Waals surface area contributed by atoms with Crippen LogP contribution in [0.25, 0.3) is 0 Å². The van der Waals surface area contributed by atoms with Gasteiger partial charge in [0.2, 0.25) is 0 Å². The molecule has 16 heavy (non-hydrogen) atoms. The lowest BCUT2D eigenvalue weighted by molar-refractivity contribution is 0.529. The van der Waals surface area contributed by atoms with Crippen LogP contribution in [-0.2, 0) is 0 Å². The minimum Gasteiger partial charge on any atom is -0.382 e. The van der Waals surface area contributed by atoms with Gasteiger partial charge in [0.15, 0.2) is 5.82 Å². The van der Waals surface area contributed by atoms with Crippen molar-refractivity contribution >= 4 is 23.2 Å². The van der Waals surface area contributed by atoms with Crippen molar-refractivity contribution in [1.82, 2.24) is 9.97 Å². The molecular formula is C11H17ClN4. The van der Waals surface area contributed by atoms with Gasteiger partial charge in [-0.2, -0.15) is 0 Å². The second kappa shape index (κ2) is 4.87. The maximum atomic E-state index is 6.11. The van der Waals surface area contributed by atoms with Crippen molar-refractivity contribution in [1.29, 1.82) is 0 Å². The molecule has 1 saturated heterocycles. The number of nitrogen functional groups attached to an aromatic ring is 1. The Kier molecular flexibility index (Phi) is 3.49. The first-order valence-corrected chi connectivity index (χ1v) is 6.11. The Balaban J connectivity index is 2.11. The molecule has 1 aromatic rings. The highest BCUT2D eigenvalue weighted by atomic mass is 35.5. The van der Waals surface area contributed by atoms with E-state index in [0.29, 0.717) is 10.8 Å². The van der Waals surface area contributed by atoms with E-state index in [2.05, 4.69) is 21.8 Å². The first kappa shape index (κ1) is 11.5. The normalized spacial score (nSPS) is 20.4. The average Bonchev–Trinajstić information content (AvgIpc) is 2.71. The molecule has 1 unspecified atom stereocenters. The highest BCUT2D eigenvalue weighted by molar-refractivity contribution is 6.35. The summed E-state index contributed by atoms with van der Waals surface area (Å²) in [7, 11) is 0. The largest absolute Gasteiger partial charge is 0.382 e. The fraction of sp³-hybridized carbons (Fsp3) is 0.636. The number of halogens is 1. The fourth-order valence-electron chi connectivity index (χ4n) is 2.26. The molecule has 2 heterocycles. The predicted octanol–water partition coefficient (Wildman–Crippen LogP) is 2.34. The van der Waals surface area contributed by atoms with Gasteiger partial charge in [0.1, 0.15) is 17.2 Å². The fourth-order valence-corrected chi connectivity index (χ4v) is 2.48. The molecule has 0 bridgehead atoms. The first-order valence-electron chi connectivity index (χ1n) is 5.73. The highest BCUT2D eigenvalue weighted by Gasteiger charge is 2.24. The van der Waals surface area contributed by atoms with Crippen LogP contribution in [0.5, 0.6) is 0 Å². The van der Waals surface area contributed by atoms with Crippen LogP contribution in [0.3, 0.4) is 0 Å². The summed E-state index contributed by atoms with van der Waals surface area (Å²) in [5, 5.41) is 0.486. The van der Waals surface area contributed by atoms with Gasteiger partial charge in [-0.05, 0) is 18.8 Å². The lowest BCUT2D eigenvalue weighted by atomic mass is 10.0. The van der Waals surface area contributed by atoms with Gasteiger partial charge in [0.25, 0.3) is 0 Å². The van der Waals surface area contributed by atoms with Crippen LogP contribution in [0.4, 0.5) is 11.6 Å². The van der Waals surface area contributed by atoms with Gasteiger partial charge >= 0.3 is 0 Å². The predicted molar refractivity (Wildman–Crippen MR) is 66.7 cm³/mol. The Hall–Kier alpha value is -1.03. The monoisotopic (exact) mass is 240 g/mol. The second-order valence-electron chi connectivity index (χ2n) is 4.29. The van der Waals surface area contributed by atoms with Gasteiger partial charge in [0, 0.05) is 13.1 Å². The summed E-state index contributed by atoms with van der Waals surface area (Å²) in [6.45, 7) is 4.27. The van der Waals surface area contributed by atoms with Crippen LogP contribution in [0.1, 0.15) is 26.2 Å². The number of hydrogen-bond acceptors (Lipinski definition) is 4. The number of nitrogens with zero attached hydrogens (tertiary/aromatic N) is 3. The lowest BCUT2D eigenvalue weighted by Gasteiger charge is -2.18. The summed E-state index contributed by atoms with van der Waals surface area (Å²) in [5.74, 6) is 1.91. The maximum absolute atomic E-state index is 6.11. The van der Waals surface area contributed by atoms with Crippen LogP contribution >= 0.6 is 11.6 Å². The molecule has 0 aromatic carbocycles. The zero-order valence-corrected chi connectivity index (χ0v) is 10.2. The number of anilines is 2. The number of rotatable bonds is 3. The van der Waals surface area contributed by atoms with E-state index in [-0.39, 0.29) is 0 Å². The van der Waals surface area contributed by atoms with Crippen LogP contribution in [0, 0.1) is 5.92 Å². The van der Waals surface area contributed by atoms with E-state index in [1.54, 1.807) is 0 Å². The summed E-state index contributed by atoms with van der Waals surface area (Å²) < 4.78 is 0. The molecule has 2 rings (SSSR count). The summed E-state index contributed by atoms with van der Waals surface area (Å²) in [6.07, 6.45) is 5.20. The molecule has 0 amide bonds. The molecular weight excluding hydrogens is 224 g/mol. The van der Waals surface area contributed by atoms with Crippen molar-refractivity contribution in [3.63, 3.8) is 0 Å². The standard InChI is InChI=1S/C11H17ClN4/c1-2-3-8-4-5-16(6-8)11-9(12)10(13)14-7-15-11/h7-8H,2-6H2,1H3,(H2,13,14,15). The van der Waals surface area contributed by atoms with Crippen molar-refractivity contribution in [2.75, 3.05) is 23.7 Å². The minimum absolute atomic E-state index is 0.366. The van der Waals surface area contributed by atoms with Gasteiger partial charge in [-0.25, -0.2) is 9.97 Å². The molecule has 0 aliphatic carbocycles. The third-order valence-electron chi connectivity index (χ3n) is 3.08. The van der Waals surface area contributed by atoms with Gasteiger partial charge in [-0.1, -0.05) is 24.9 Å². The molecule has 2 N–H and O–H groups in total. The lowest BCUT2D eigenvalue weighted by Crippen LogP contribution is -2.21. The molecule has 0 radical (unpaired) electrons. The van der Waals surface area contributed by atoms with Crippen molar-refractivity contribution in [2.24, 2.45) is 5.92 Å². The number of aromatic nitrogens is 2. The van der Waals surface area contributed by atoms with Crippen LogP contribution in [0.15, 0.2) is 6.33 Å². The molecule has 4 nitrogen and oxygen atoms in total. The van der Waals surface area contributed by atoms with Crippen molar-refractivity contribution < 1.29 is 0 Å². The van der Waals surface area contributed by atoms with Crippen LogP contribution in [-0.4, -0.2) is 23.1 Å². The number of nitrogens with two attached hydrogens (primary N) is 1. The molecule has 0 saturated carbocycles. The smallest absolute Gasteiger partial charge is 0.153 e. The third kappa shape index (κ3) is 2.21. The Morgan fingerprint density at radius 1 is 1.56 bits per heavy atom. The van der Waals surface area contributed by atoms with Gasteiger partial charge in [0.05, 0.1) is 0 Å². The van der Waals surface area contributed by atoms with E-state index in [1.165, 1.54) is 25.6 Å². The quantitative estimate of drug-likeness (QED) is 0.881. The van der Waals surface area contributed by atoms with Crippen molar-refractivity contribution in [3.05, 3.63) is 11.3 Å². The zero-order chi connectivity index (χ0) is 11.5. The summed E-state index contributed by atoms with van der Waals surface area (Å²) >= 11 is 6.11. The summed E-state index contributed by atoms with van der Waals surface area (Å²) in [4.78, 5) is 10.3. The Morgan fingerprint density at radius 2 is 2.38 bits per heavy atom. The maximum Gasteiger partial charge on any atom is 0.153 e. The molecule has 1 atom stereocenters. The van der Waals surface area contributed by atoms with Gasteiger partial charge in [-0.15, -0.1) is 0 Å². The number of hydrogen-bond donors (Lipinski definition) is 1. The molecule has 1 aliphatic rings. The molecule has 0 spiro atoms. The summed E-state index contributed by atoms with van der Waals surface area (Å²) in [6, 6.07) is 0.